The maximum absolute atomic E-state index is 12.0. The fourth-order valence-electron chi connectivity index (χ4n) is 1.96. The van der Waals surface area contributed by atoms with Crippen LogP contribution in [0.15, 0.2) is 46.0 Å². The van der Waals surface area contributed by atoms with Gasteiger partial charge >= 0.3 is 0 Å². The normalized spacial score (nSPS) is 10.7. The number of phenolic OH excluding ortho intramolecular Hbond substituents is 1. The van der Waals surface area contributed by atoms with Crippen molar-refractivity contribution in [2.75, 3.05) is 6.61 Å². The number of halogens is 1. The van der Waals surface area contributed by atoms with Crippen molar-refractivity contribution in [1.29, 1.82) is 0 Å². The average Bonchev–Trinajstić information content (AvgIpc) is 2.63. The number of benzene rings is 2. The van der Waals surface area contributed by atoms with Crippen molar-refractivity contribution in [1.82, 2.24) is 5.43 Å². The first-order chi connectivity index (χ1) is 12.4. The molecule has 2 rings (SSSR count). The minimum absolute atomic E-state index is 0.0923. The van der Waals surface area contributed by atoms with E-state index < -0.39 is 10.8 Å². The summed E-state index contributed by atoms with van der Waals surface area (Å²) in [4.78, 5) is 22.3. The number of carbonyl (C=O) groups excluding carboxylic acids is 1. The molecule has 0 spiro atoms. The van der Waals surface area contributed by atoms with Gasteiger partial charge in [-0.15, -0.1) is 0 Å². The first-order valence-corrected chi connectivity index (χ1v) is 8.44. The third-order valence-corrected chi connectivity index (χ3v) is 3.85. The molecular formula is C17H16BrN3O5. The van der Waals surface area contributed by atoms with Crippen LogP contribution in [-0.2, 0) is 0 Å². The summed E-state index contributed by atoms with van der Waals surface area (Å²) < 4.78 is 5.59. The van der Waals surface area contributed by atoms with E-state index in [2.05, 4.69) is 26.5 Å². The van der Waals surface area contributed by atoms with E-state index in [1.807, 2.05) is 6.92 Å². The number of carbonyl (C=O) groups is 1. The van der Waals surface area contributed by atoms with Crippen LogP contribution in [0.1, 0.15) is 29.3 Å². The summed E-state index contributed by atoms with van der Waals surface area (Å²) in [5, 5.41) is 24.5. The van der Waals surface area contributed by atoms with Crippen LogP contribution >= 0.6 is 15.9 Å². The molecule has 0 heterocycles. The van der Waals surface area contributed by atoms with Crippen LogP contribution in [0, 0.1) is 10.1 Å². The number of nitrogens with one attached hydrogen (secondary N) is 1. The van der Waals surface area contributed by atoms with Crippen LogP contribution in [0.2, 0.25) is 0 Å². The van der Waals surface area contributed by atoms with E-state index in [0.717, 1.165) is 18.7 Å². The van der Waals surface area contributed by atoms with Gasteiger partial charge in [0, 0.05) is 23.3 Å². The van der Waals surface area contributed by atoms with Crippen molar-refractivity contribution in [3.8, 4) is 11.5 Å². The molecule has 1 amide bonds. The van der Waals surface area contributed by atoms with E-state index in [0.29, 0.717) is 17.9 Å². The molecule has 2 N–H and O–H groups in total. The summed E-state index contributed by atoms with van der Waals surface area (Å²) in [6.45, 7) is 2.59. The first kappa shape index (κ1) is 19.4. The molecule has 136 valence electrons. The van der Waals surface area contributed by atoms with Gasteiger partial charge in [-0.2, -0.15) is 5.10 Å². The number of nitro groups is 1. The maximum Gasteiger partial charge on any atom is 0.271 e. The van der Waals surface area contributed by atoms with Crippen LogP contribution < -0.4 is 10.2 Å². The Kier molecular flexibility index (Phi) is 6.67. The Morgan fingerprint density at radius 1 is 1.38 bits per heavy atom. The van der Waals surface area contributed by atoms with Crippen molar-refractivity contribution in [2.24, 2.45) is 5.10 Å². The molecule has 0 saturated carbocycles. The van der Waals surface area contributed by atoms with Gasteiger partial charge in [0.1, 0.15) is 11.5 Å². The van der Waals surface area contributed by atoms with Gasteiger partial charge in [-0.25, -0.2) is 5.43 Å². The highest BCUT2D eigenvalue weighted by Crippen LogP contribution is 2.31. The molecule has 0 radical (unpaired) electrons. The molecule has 0 unspecified atom stereocenters. The molecule has 0 aliphatic heterocycles. The highest BCUT2D eigenvalue weighted by Gasteiger charge is 2.13. The van der Waals surface area contributed by atoms with Gasteiger partial charge in [0.15, 0.2) is 0 Å². The molecule has 0 aliphatic rings. The zero-order chi connectivity index (χ0) is 19.1. The molecule has 0 fully saturated rings. The minimum Gasteiger partial charge on any atom is -0.506 e. The van der Waals surface area contributed by atoms with Gasteiger partial charge in [-0.05, 0) is 46.6 Å². The molecule has 9 heteroatoms. The number of hydrogen-bond donors (Lipinski definition) is 2. The topological polar surface area (TPSA) is 114 Å². The fourth-order valence-corrected chi connectivity index (χ4v) is 2.42. The van der Waals surface area contributed by atoms with Crippen LogP contribution in [0.4, 0.5) is 5.69 Å². The third-order valence-electron chi connectivity index (χ3n) is 3.25. The number of non-ortho nitro benzene ring substituents is 1. The summed E-state index contributed by atoms with van der Waals surface area (Å²) >= 11 is 3.03. The number of nitro benzene ring substituents is 1. The van der Waals surface area contributed by atoms with Crippen LogP contribution in [0.25, 0.3) is 0 Å². The van der Waals surface area contributed by atoms with Gasteiger partial charge < -0.3 is 9.84 Å². The predicted molar refractivity (Wildman–Crippen MR) is 99.7 cm³/mol. The molecule has 0 atom stereocenters. The van der Waals surface area contributed by atoms with Crippen molar-refractivity contribution in [3.05, 3.63) is 62.1 Å². The Morgan fingerprint density at radius 3 is 2.69 bits per heavy atom. The largest absolute Gasteiger partial charge is 0.506 e. The summed E-state index contributed by atoms with van der Waals surface area (Å²) in [6.07, 6.45) is 2.02. The summed E-state index contributed by atoms with van der Waals surface area (Å²) in [5.74, 6) is -0.0171. The number of rotatable bonds is 7. The third kappa shape index (κ3) is 5.03. The van der Waals surface area contributed by atoms with Gasteiger partial charge in [-0.3, -0.25) is 14.9 Å². The quantitative estimate of drug-likeness (QED) is 0.402. The Morgan fingerprint density at radius 2 is 2.08 bits per heavy atom. The highest BCUT2D eigenvalue weighted by molar-refractivity contribution is 9.10. The molecule has 2 aromatic carbocycles. The van der Waals surface area contributed by atoms with Crippen LogP contribution in [0.3, 0.4) is 0 Å². The molecule has 26 heavy (non-hydrogen) atoms. The summed E-state index contributed by atoms with van der Waals surface area (Å²) in [5.41, 5.74) is 2.54. The Balaban J connectivity index is 2.06. The predicted octanol–water partition coefficient (Wildman–Crippen LogP) is 3.62. The molecule has 0 aromatic heterocycles. The van der Waals surface area contributed by atoms with Gasteiger partial charge in [0.05, 0.1) is 22.2 Å². The lowest BCUT2D eigenvalue weighted by molar-refractivity contribution is -0.385. The van der Waals surface area contributed by atoms with Crippen LogP contribution in [-0.4, -0.2) is 28.8 Å². The summed E-state index contributed by atoms with van der Waals surface area (Å²) in [6, 6.07) is 8.87. The van der Waals surface area contributed by atoms with Gasteiger partial charge in [0.25, 0.3) is 11.6 Å². The van der Waals surface area contributed by atoms with E-state index in [4.69, 9.17) is 4.74 Å². The second-order valence-electron chi connectivity index (χ2n) is 5.19. The lowest BCUT2D eigenvalue weighted by Crippen LogP contribution is -2.17. The lowest BCUT2D eigenvalue weighted by Gasteiger charge is -2.05. The van der Waals surface area contributed by atoms with Crippen molar-refractivity contribution >= 4 is 33.7 Å². The molecule has 0 saturated heterocycles. The van der Waals surface area contributed by atoms with E-state index >= 15 is 0 Å². The number of nitrogens with zero attached hydrogens (tertiary/aromatic N) is 2. The number of hydrogen-bond acceptors (Lipinski definition) is 6. The van der Waals surface area contributed by atoms with E-state index in [-0.39, 0.29) is 21.5 Å². The SMILES string of the molecule is CCCOc1ccc(C(=O)NN=Cc2cc([N+](=O)[O-])cc(Br)c2O)cc1. The zero-order valence-corrected chi connectivity index (χ0v) is 15.4. The number of hydrazone groups is 1. The molecule has 8 nitrogen and oxygen atoms in total. The van der Waals surface area contributed by atoms with Crippen LogP contribution in [0.5, 0.6) is 11.5 Å². The van der Waals surface area contributed by atoms with E-state index in [1.165, 1.54) is 6.07 Å². The second kappa shape index (κ2) is 8.95. The monoisotopic (exact) mass is 421 g/mol. The van der Waals surface area contributed by atoms with Crippen molar-refractivity contribution < 1.29 is 19.6 Å². The van der Waals surface area contributed by atoms with Gasteiger partial charge in [-0.1, -0.05) is 6.92 Å². The number of phenols is 1. The molecule has 0 bridgehead atoms. The number of amides is 1. The first-order valence-electron chi connectivity index (χ1n) is 7.65. The zero-order valence-electron chi connectivity index (χ0n) is 13.8. The smallest absolute Gasteiger partial charge is 0.271 e. The minimum atomic E-state index is -0.595. The van der Waals surface area contributed by atoms with Gasteiger partial charge in [0.2, 0.25) is 0 Å². The maximum atomic E-state index is 12.0. The number of aromatic hydroxyl groups is 1. The molecule has 0 aliphatic carbocycles. The second-order valence-corrected chi connectivity index (χ2v) is 6.05. The van der Waals surface area contributed by atoms with E-state index in [1.54, 1.807) is 24.3 Å². The van der Waals surface area contributed by atoms with Crippen molar-refractivity contribution in [2.45, 2.75) is 13.3 Å². The Hall–Kier alpha value is -2.94. The fraction of sp³-hybridized carbons (Fsp3) is 0.176. The lowest BCUT2D eigenvalue weighted by atomic mass is 10.2. The molecule has 2 aromatic rings. The summed E-state index contributed by atoms with van der Waals surface area (Å²) in [7, 11) is 0. The average molecular weight is 422 g/mol. The van der Waals surface area contributed by atoms with E-state index in [9.17, 15) is 20.0 Å². The molecular weight excluding hydrogens is 406 g/mol. The van der Waals surface area contributed by atoms with Crippen molar-refractivity contribution in [3.63, 3.8) is 0 Å². The number of ether oxygens (including phenoxy) is 1. The Bertz CT molecular complexity index is 837. The standard InChI is InChI=1S/C17H16BrN3O5/c1-2-7-26-14-5-3-11(4-6-14)17(23)20-19-10-12-8-13(21(24)25)9-15(18)16(12)22/h3-6,8-10,22H,2,7H2,1H3,(H,20,23). The highest BCUT2D eigenvalue weighted by atomic mass is 79.9. The Labute approximate surface area is 157 Å².